The van der Waals surface area contributed by atoms with Crippen LogP contribution < -0.4 is 10.6 Å². The average molecular weight is 282 g/mol. The first-order valence-electron chi connectivity index (χ1n) is 6.93. The third kappa shape index (κ3) is 2.65. The molecule has 1 aromatic carbocycles. The molecule has 3 rings (SSSR count). The van der Waals surface area contributed by atoms with Crippen LogP contribution in [0.4, 0.5) is 17.5 Å². The summed E-state index contributed by atoms with van der Waals surface area (Å²) in [6.07, 6.45) is 1.62. The minimum atomic E-state index is 0.484. The van der Waals surface area contributed by atoms with Crippen LogP contribution in [-0.4, -0.2) is 27.0 Å². The van der Waals surface area contributed by atoms with Crippen molar-refractivity contribution in [3.05, 3.63) is 36.2 Å². The molecule has 2 aromatic heterocycles. The first-order valence-corrected chi connectivity index (χ1v) is 6.93. The summed E-state index contributed by atoms with van der Waals surface area (Å²) in [5.41, 5.74) is 3.71. The smallest absolute Gasteiger partial charge is 0.226 e. The van der Waals surface area contributed by atoms with Crippen molar-refractivity contribution >= 4 is 28.6 Å². The highest BCUT2D eigenvalue weighted by molar-refractivity contribution is 5.86. The second kappa shape index (κ2) is 5.40. The minimum absolute atomic E-state index is 0.484. The van der Waals surface area contributed by atoms with E-state index in [-0.39, 0.29) is 0 Å². The summed E-state index contributed by atoms with van der Waals surface area (Å²) in [4.78, 5) is 16.0. The van der Waals surface area contributed by atoms with E-state index in [1.165, 1.54) is 5.56 Å². The molecule has 0 saturated heterocycles. The standard InChI is InChI=1S/C15H18N6/c1-9(2)10-5-4-6-11(7-10)19-14-12-13(18-8-17-12)20-15(16-3)21-14/h4-9H,1-3H3,(H3,16,17,18,19,20,21). The molecule has 0 fully saturated rings. The number of hydrogen-bond donors (Lipinski definition) is 3. The third-order valence-corrected chi connectivity index (χ3v) is 3.33. The minimum Gasteiger partial charge on any atom is -0.357 e. The molecular formula is C15H18N6. The first-order chi connectivity index (χ1) is 10.2. The Morgan fingerprint density at radius 3 is 2.81 bits per heavy atom. The Hall–Kier alpha value is -2.63. The maximum atomic E-state index is 4.46. The highest BCUT2D eigenvalue weighted by Crippen LogP contribution is 2.25. The molecule has 6 heteroatoms. The number of aromatic nitrogens is 4. The van der Waals surface area contributed by atoms with Gasteiger partial charge in [-0.15, -0.1) is 0 Å². The molecule has 0 radical (unpaired) electrons. The van der Waals surface area contributed by atoms with E-state index in [0.29, 0.717) is 23.3 Å². The van der Waals surface area contributed by atoms with Crippen LogP contribution in [0.1, 0.15) is 25.3 Å². The van der Waals surface area contributed by atoms with E-state index in [0.717, 1.165) is 11.2 Å². The number of benzene rings is 1. The maximum absolute atomic E-state index is 4.46. The van der Waals surface area contributed by atoms with Gasteiger partial charge in [0.2, 0.25) is 5.95 Å². The first kappa shape index (κ1) is 13.4. The Labute approximate surface area is 123 Å². The van der Waals surface area contributed by atoms with Gasteiger partial charge < -0.3 is 15.6 Å². The molecule has 0 amide bonds. The zero-order valence-electron chi connectivity index (χ0n) is 12.3. The number of nitrogens with one attached hydrogen (secondary N) is 3. The van der Waals surface area contributed by atoms with Gasteiger partial charge in [-0.1, -0.05) is 26.0 Å². The summed E-state index contributed by atoms with van der Waals surface area (Å²) < 4.78 is 0. The fraction of sp³-hybridized carbons (Fsp3) is 0.267. The van der Waals surface area contributed by atoms with E-state index in [2.05, 4.69) is 56.5 Å². The predicted molar refractivity (Wildman–Crippen MR) is 85.0 cm³/mol. The Kier molecular flexibility index (Phi) is 3.43. The zero-order valence-corrected chi connectivity index (χ0v) is 12.3. The number of anilines is 3. The van der Waals surface area contributed by atoms with Crippen LogP contribution >= 0.6 is 0 Å². The highest BCUT2D eigenvalue weighted by Gasteiger charge is 2.10. The van der Waals surface area contributed by atoms with E-state index in [9.17, 15) is 0 Å². The van der Waals surface area contributed by atoms with Crippen LogP contribution in [0.15, 0.2) is 30.6 Å². The molecule has 0 aliphatic carbocycles. The van der Waals surface area contributed by atoms with Gasteiger partial charge in [0.05, 0.1) is 6.33 Å². The fourth-order valence-corrected chi connectivity index (χ4v) is 2.15. The van der Waals surface area contributed by atoms with E-state index >= 15 is 0 Å². The molecule has 6 nitrogen and oxygen atoms in total. The average Bonchev–Trinajstić information content (AvgIpc) is 2.96. The van der Waals surface area contributed by atoms with Gasteiger partial charge in [-0.05, 0) is 23.6 Å². The topological polar surface area (TPSA) is 78.5 Å². The molecular weight excluding hydrogens is 264 g/mol. The largest absolute Gasteiger partial charge is 0.357 e. The van der Waals surface area contributed by atoms with Crippen molar-refractivity contribution < 1.29 is 0 Å². The summed E-state index contributed by atoms with van der Waals surface area (Å²) >= 11 is 0. The Balaban J connectivity index is 2.01. The summed E-state index contributed by atoms with van der Waals surface area (Å²) in [5, 5.41) is 6.29. The Morgan fingerprint density at radius 2 is 2.05 bits per heavy atom. The number of nitrogens with zero attached hydrogens (tertiary/aromatic N) is 3. The molecule has 0 unspecified atom stereocenters. The zero-order chi connectivity index (χ0) is 14.8. The second-order valence-electron chi connectivity index (χ2n) is 5.15. The summed E-state index contributed by atoms with van der Waals surface area (Å²) in [7, 11) is 1.79. The summed E-state index contributed by atoms with van der Waals surface area (Å²) in [5.74, 6) is 1.73. The second-order valence-corrected chi connectivity index (χ2v) is 5.15. The van der Waals surface area contributed by atoms with Crippen LogP contribution in [0.3, 0.4) is 0 Å². The van der Waals surface area contributed by atoms with Crippen LogP contribution in [0.25, 0.3) is 11.2 Å². The van der Waals surface area contributed by atoms with Gasteiger partial charge in [0.1, 0.15) is 5.52 Å². The number of rotatable bonds is 4. The van der Waals surface area contributed by atoms with Gasteiger partial charge in [0.15, 0.2) is 11.5 Å². The molecule has 0 aliphatic heterocycles. The number of hydrogen-bond acceptors (Lipinski definition) is 5. The van der Waals surface area contributed by atoms with Crippen LogP contribution in [-0.2, 0) is 0 Å². The van der Waals surface area contributed by atoms with Gasteiger partial charge in [-0.25, -0.2) is 4.98 Å². The van der Waals surface area contributed by atoms with E-state index in [1.807, 2.05) is 12.1 Å². The summed E-state index contributed by atoms with van der Waals surface area (Å²) in [6, 6.07) is 8.33. The van der Waals surface area contributed by atoms with Crippen LogP contribution in [0.2, 0.25) is 0 Å². The lowest BCUT2D eigenvalue weighted by Crippen LogP contribution is -2.02. The molecule has 2 heterocycles. The molecule has 0 aliphatic rings. The van der Waals surface area contributed by atoms with E-state index in [4.69, 9.17) is 0 Å². The number of H-pyrrole nitrogens is 1. The number of aromatic amines is 1. The van der Waals surface area contributed by atoms with Crippen LogP contribution in [0.5, 0.6) is 0 Å². The van der Waals surface area contributed by atoms with Crippen molar-refractivity contribution in [3.8, 4) is 0 Å². The molecule has 0 spiro atoms. The summed E-state index contributed by atoms with van der Waals surface area (Å²) in [6.45, 7) is 4.35. The van der Waals surface area contributed by atoms with Crippen molar-refractivity contribution in [1.29, 1.82) is 0 Å². The molecule has 0 saturated carbocycles. The molecule has 3 aromatic rings. The van der Waals surface area contributed by atoms with Crippen molar-refractivity contribution in [3.63, 3.8) is 0 Å². The van der Waals surface area contributed by atoms with E-state index < -0.39 is 0 Å². The number of fused-ring (bicyclic) bond motifs is 1. The van der Waals surface area contributed by atoms with Crippen molar-refractivity contribution in [2.45, 2.75) is 19.8 Å². The lowest BCUT2D eigenvalue weighted by Gasteiger charge is -2.11. The monoisotopic (exact) mass is 282 g/mol. The third-order valence-electron chi connectivity index (χ3n) is 3.33. The quantitative estimate of drug-likeness (QED) is 0.684. The van der Waals surface area contributed by atoms with Crippen molar-refractivity contribution in [2.75, 3.05) is 17.7 Å². The van der Waals surface area contributed by atoms with Gasteiger partial charge in [0.25, 0.3) is 0 Å². The molecule has 3 N–H and O–H groups in total. The molecule has 0 atom stereocenters. The maximum Gasteiger partial charge on any atom is 0.226 e. The SMILES string of the molecule is CNc1nc(Nc2cccc(C(C)C)c2)c2[nH]cnc2n1. The normalized spacial score (nSPS) is 11.0. The molecule has 21 heavy (non-hydrogen) atoms. The lowest BCUT2D eigenvalue weighted by molar-refractivity contribution is 0.867. The molecule has 108 valence electrons. The van der Waals surface area contributed by atoms with Gasteiger partial charge in [-0.2, -0.15) is 9.97 Å². The van der Waals surface area contributed by atoms with Crippen molar-refractivity contribution in [1.82, 2.24) is 19.9 Å². The van der Waals surface area contributed by atoms with Crippen molar-refractivity contribution in [2.24, 2.45) is 0 Å². The van der Waals surface area contributed by atoms with Gasteiger partial charge >= 0.3 is 0 Å². The highest BCUT2D eigenvalue weighted by atomic mass is 15.2. The molecule has 0 bridgehead atoms. The fourth-order valence-electron chi connectivity index (χ4n) is 2.15. The Morgan fingerprint density at radius 1 is 1.19 bits per heavy atom. The predicted octanol–water partition coefficient (Wildman–Crippen LogP) is 3.26. The Bertz CT molecular complexity index is 762. The van der Waals surface area contributed by atoms with Crippen LogP contribution in [0, 0.1) is 0 Å². The number of imidazole rings is 1. The van der Waals surface area contributed by atoms with E-state index in [1.54, 1.807) is 13.4 Å². The van der Waals surface area contributed by atoms with Gasteiger partial charge in [0, 0.05) is 12.7 Å². The van der Waals surface area contributed by atoms with Gasteiger partial charge in [-0.3, -0.25) is 0 Å². The lowest BCUT2D eigenvalue weighted by atomic mass is 10.0.